The Morgan fingerprint density at radius 3 is 2.09 bits per heavy atom. The van der Waals surface area contributed by atoms with Gasteiger partial charge in [-0.1, -0.05) is 0 Å². The topological polar surface area (TPSA) is 196 Å². The highest BCUT2D eigenvalue weighted by Crippen LogP contribution is 2.55. The lowest BCUT2D eigenvalue weighted by Crippen LogP contribution is -2.40. The van der Waals surface area contributed by atoms with Gasteiger partial charge in [0, 0.05) is 45.1 Å². The highest BCUT2D eigenvalue weighted by molar-refractivity contribution is 8.07. The van der Waals surface area contributed by atoms with Crippen LogP contribution in [0.15, 0.2) is 43.7 Å². The van der Waals surface area contributed by atoms with E-state index >= 15 is 4.39 Å². The molecule has 2 aliphatic rings. The van der Waals surface area contributed by atoms with E-state index in [4.69, 9.17) is 63.2 Å². The predicted molar refractivity (Wildman–Crippen MR) is 196 cm³/mol. The molecule has 54 heavy (non-hydrogen) atoms. The lowest BCUT2D eigenvalue weighted by Gasteiger charge is -2.37. The normalized spacial score (nSPS) is 27.5. The van der Waals surface area contributed by atoms with E-state index in [-0.39, 0.29) is 38.4 Å². The average molecular weight is 821 g/mol. The van der Waals surface area contributed by atoms with Crippen LogP contribution in [0.3, 0.4) is 0 Å². The third kappa shape index (κ3) is 10.6. The Morgan fingerprint density at radius 1 is 0.963 bits per heavy atom. The summed E-state index contributed by atoms with van der Waals surface area (Å²) in [7, 11) is -0.722. The van der Waals surface area contributed by atoms with Gasteiger partial charge in [-0.05, 0) is 46.4 Å². The number of nitrogens with zero attached hydrogens (tertiary/aromatic N) is 5. The number of methoxy groups -OCH3 is 1. The zero-order chi connectivity index (χ0) is 40.4. The Labute approximate surface area is 317 Å². The van der Waals surface area contributed by atoms with Crippen LogP contribution in [0.1, 0.15) is 48.4 Å². The second kappa shape index (κ2) is 19.7. The average Bonchev–Trinajstić information content (AvgIpc) is 3.62. The Hall–Kier alpha value is -3.01. The zero-order valence-electron chi connectivity index (χ0n) is 31.1. The molecule has 0 saturated carbocycles. The van der Waals surface area contributed by atoms with Crippen LogP contribution in [-0.4, -0.2) is 113 Å². The third-order valence-corrected chi connectivity index (χ3v) is 12.5. The molecule has 298 valence electrons. The highest BCUT2D eigenvalue weighted by Gasteiger charge is 2.52. The lowest BCUT2D eigenvalue weighted by atomic mass is 10.1. The minimum atomic E-state index is -3.99. The van der Waals surface area contributed by atoms with E-state index in [0.29, 0.717) is 0 Å². The molecule has 2 saturated heterocycles. The number of hydrogen-bond donors (Lipinski definition) is 2. The SMILES string of the molecule is [2H]C[C@H]1O[C@@H](n2ccc(=O)[nH]c2=O)[C@@H](OC)C1OP(=S)(OCC[N+]#[C-])OC[C@H]1O[C@@H](n2ccc(=O)[nH]c2=O)[C@@H](F)C1OP(OCC[N+]#[C-])N(C(C)C)C(C)C. The van der Waals surface area contributed by atoms with Gasteiger partial charge in [-0.15, -0.1) is 0 Å². The van der Waals surface area contributed by atoms with Gasteiger partial charge in [0.1, 0.15) is 37.6 Å². The van der Waals surface area contributed by atoms with E-state index in [2.05, 4.69) is 19.7 Å². The van der Waals surface area contributed by atoms with Crippen LogP contribution in [0, 0.1) is 13.1 Å². The van der Waals surface area contributed by atoms with E-state index in [1.165, 1.54) is 13.3 Å². The maximum Gasteiger partial charge on any atom is 0.330 e. The van der Waals surface area contributed by atoms with Gasteiger partial charge in [0.05, 0.1) is 12.7 Å². The van der Waals surface area contributed by atoms with Gasteiger partial charge in [-0.3, -0.25) is 33.2 Å². The number of nitrogens with one attached hydrogen (secondary N) is 2. The van der Waals surface area contributed by atoms with E-state index < -0.39 is 100 Å². The number of hydrogen-bond acceptors (Lipinski definition) is 14. The van der Waals surface area contributed by atoms with Crippen LogP contribution >= 0.6 is 15.2 Å². The summed E-state index contributed by atoms with van der Waals surface area (Å²) in [6.45, 7) is 16.7. The first-order chi connectivity index (χ1) is 26.2. The van der Waals surface area contributed by atoms with Crippen molar-refractivity contribution in [3.05, 3.63) is 89.0 Å². The van der Waals surface area contributed by atoms with Crippen molar-refractivity contribution in [2.45, 2.75) is 95.8 Å². The number of aromatic nitrogens is 4. The van der Waals surface area contributed by atoms with E-state index in [0.717, 1.165) is 27.5 Å². The van der Waals surface area contributed by atoms with Crippen molar-refractivity contribution in [1.29, 1.82) is 0 Å². The molecule has 4 rings (SSSR count). The maximum absolute atomic E-state index is 16.6. The van der Waals surface area contributed by atoms with Gasteiger partial charge < -0.3 is 42.0 Å². The van der Waals surface area contributed by atoms with Gasteiger partial charge in [0.2, 0.25) is 13.1 Å². The minimum absolute atomic E-state index is 0.0149. The van der Waals surface area contributed by atoms with E-state index in [1.54, 1.807) is 0 Å². The van der Waals surface area contributed by atoms with Crippen LogP contribution in [0.4, 0.5) is 4.39 Å². The first-order valence-corrected chi connectivity index (χ1v) is 20.4. The summed E-state index contributed by atoms with van der Waals surface area (Å²) in [6, 6.07) is 1.84. The van der Waals surface area contributed by atoms with Gasteiger partial charge in [-0.2, -0.15) is 0 Å². The molecule has 2 N–H and O–H groups in total. The monoisotopic (exact) mass is 820 g/mol. The second-order valence-corrected chi connectivity index (χ2v) is 16.8. The Balaban J connectivity index is 1.68. The van der Waals surface area contributed by atoms with Crippen LogP contribution in [-0.2, 0) is 48.6 Å². The molecule has 2 aromatic heterocycles. The van der Waals surface area contributed by atoms with Crippen molar-refractivity contribution in [2.24, 2.45) is 0 Å². The fourth-order valence-electron chi connectivity index (χ4n) is 5.75. The first kappa shape index (κ1) is 42.1. The summed E-state index contributed by atoms with van der Waals surface area (Å²) >= 11 is 5.79. The molecule has 2 aliphatic heterocycles. The molecule has 4 unspecified atom stereocenters. The number of ether oxygens (including phenoxy) is 3. The van der Waals surface area contributed by atoms with Gasteiger partial charge >= 0.3 is 18.1 Å². The molecule has 0 aromatic carbocycles. The Kier molecular flexibility index (Phi) is 15.4. The lowest BCUT2D eigenvalue weighted by molar-refractivity contribution is -0.0554. The van der Waals surface area contributed by atoms with Crippen molar-refractivity contribution in [1.82, 2.24) is 23.8 Å². The van der Waals surface area contributed by atoms with Crippen molar-refractivity contribution >= 4 is 27.1 Å². The summed E-state index contributed by atoms with van der Waals surface area (Å²) in [5.41, 5.74) is -3.09. The summed E-state index contributed by atoms with van der Waals surface area (Å²) < 4.78 is 76.9. The summed E-state index contributed by atoms with van der Waals surface area (Å²) in [5, 5.41) is 0. The zero-order valence-corrected chi connectivity index (χ0v) is 32.7. The number of H-pyrrole nitrogens is 2. The molecule has 2 aromatic rings. The van der Waals surface area contributed by atoms with E-state index in [1.807, 2.05) is 32.4 Å². The van der Waals surface area contributed by atoms with Crippen LogP contribution in [0.2, 0.25) is 0 Å². The molecule has 2 fully saturated rings. The summed E-state index contributed by atoms with van der Waals surface area (Å²) in [4.78, 5) is 59.8. The molecular weight excluding hydrogens is 775 g/mol. The van der Waals surface area contributed by atoms with Crippen molar-refractivity contribution in [2.75, 3.05) is 40.0 Å². The molecule has 4 heterocycles. The smallest absolute Gasteiger partial charge is 0.330 e. The number of rotatable bonds is 19. The molecule has 19 nitrogen and oxygen atoms in total. The largest absolute Gasteiger partial charge is 0.374 e. The van der Waals surface area contributed by atoms with Crippen LogP contribution < -0.4 is 22.5 Å². The Bertz CT molecular complexity index is 1950. The molecular formula is C31H44FN7O12P2S. The number of aromatic amines is 2. The molecule has 0 radical (unpaired) electrons. The molecule has 0 amide bonds. The highest BCUT2D eigenvalue weighted by atomic mass is 32.5. The quantitative estimate of drug-likeness (QED) is 0.119. The first-order valence-electron chi connectivity index (χ1n) is 17.4. The summed E-state index contributed by atoms with van der Waals surface area (Å²) in [5.74, 6) is 0. The van der Waals surface area contributed by atoms with Crippen LogP contribution in [0.25, 0.3) is 9.69 Å². The third-order valence-electron chi connectivity index (χ3n) is 8.04. The molecule has 0 bridgehead atoms. The molecule has 10 atom stereocenters. The van der Waals surface area contributed by atoms with Gasteiger partial charge in [-0.25, -0.2) is 31.8 Å². The van der Waals surface area contributed by atoms with Gasteiger partial charge in [0.25, 0.3) is 19.6 Å². The van der Waals surface area contributed by atoms with Crippen molar-refractivity contribution < 1.29 is 42.6 Å². The van der Waals surface area contributed by atoms with Crippen molar-refractivity contribution in [3.63, 3.8) is 0 Å². The Morgan fingerprint density at radius 2 is 1.56 bits per heavy atom. The molecule has 23 heteroatoms. The summed E-state index contributed by atoms with van der Waals surface area (Å²) in [6.07, 6.45) is -8.66. The maximum atomic E-state index is 16.6. The minimum Gasteiger partial charge on any atom is -0.374 e. The van der Waals surface area contributed by atoms with Crippen LogP contribution in [0.5, 0.6) is 0 Å². The number of alkyl halides is 1. The van der Waals surface area contributed by atoms with Gasteiger partial charge in [0.15, 0.2) is 18.6 Å². The van der Waals surface area contributed by atoms with Crippen molar-refractivity contribution in [3.8, 4) is 0 Å². The molecule has 0 spiro atoms. The van der Waals surface area contributed by atoms with E-state index in [9.17, 15) is 19.2 Å². The fourth-order valence-corrected chi connectivity index (χ4v) is 9.59. The number of halogens is 1. The standard InChI is InChI=1S/C31H44FN7O12P2S/c1-18(2)39(19(3)4)52(45-15-11-33-6)50-26-21(49-28(24(26)32)37-13-9-22(40)35-30(37)42)17-47-53(54,46-16-12-34-7)51-25-20(5)48-29(27(25)44-8)38-14-10-23(41)36-31(38)43/h9-10,13-14,18-21,24-29H,11-12,15-17H2,1-5,8H3,(H,35,40,42)(H,36,41,43)/t20-,21-,24+,25?,26?,27+,28-,29-,52?,53?/m1/s1/i5D. The fraction of sp³-hybridized carbons (Fsp3) is 0.677. The predicted octanol–water partition coefficient (Wildman–Crippen LogP) is 2.48. The second-order valence-electron chi connectivity index (χ2n) is 12.4. The molecule has 0 aliphatic carbocycles.